The highest BCUT2D eigenvalue weighted by atomic mass is 32.1. The molecule has 0 bridgehead atoms. The Balaban J connectivity index is 3.27. The molecule has 0 atom stereocenters. The summed E-state index contributed by atoms with van der Waals surface area (Å²) in [5.74, 6) is -0.327. The molecule has 5 heteroatoms. The third-order valence-electron chi connectivity index (χ3n) is 2.43. The molecular formula is C12H16N2O2S. The van der Waals surface area contributed by atoms with E-state index in [0.29, 0.717) is 4.88 Å². The fraction of sp³-hybridized carbons (Fsp3) is 0.333. The molecule has 2 N–H and O–H groups in total. The van der Waals surface area contributed by atoms with E-state index < -0.39 is 0 Å². The Labute approximate surface area is 105 Å². The van der Waals surface area contributed by atoms with E-state index in [2.05, 4.69) is 5.32 Å². The number of carbonyl (C=O) groups is 1. The van der Waals surface area contributed by atoms with Crippen LogP contribution in [0.5, 0.6) is 0 Å². The molecule has 92 valence electrons. The predicted octanol–water partition coefficient (Wildman–Crippen LogP) is 2.44. The Kier molecular flexibility index (Phi) is 4.45. The van der Waals surface area contributed by atoms with Crippen molar-refractivity contribution in [2.24, 2.45) is 0 Å². The number of thiophene rings is 1. The second-order valence-electron chi connectivity index (χ2n) is 3.52. The molecule has 0 amide bonds. The van der Waals surface area contributed by atoms with Crippen LogP contribution >= 0.6 is 11.3 Å². The Morgan fingerprint density at radius 3 is 2.71 bits per heavy atom. The average molecular weight is 252 g/mol. The van der Waals surface area contributed by atoms with Crippen LogP contribution in [0.2, 0.25) is 0 Å². The van der Waals surface area contributed by atoms with Gasteiger partial charge in [0.15, 0.2) is 0 Å². The SMILES string of the molecule is CN/C(=C(/C)C=N)c1cc(C(=O)OC)sc1C. The summed E-state index contributed by atoms with van der Waals surface area (Å²) in [6.45, 7) is 3.80. The summed E-state index contributed by atoms with van der Waals surface area (Å²) in [5, 5.41) is 10.3. The quantitative estimate of drug-likeness (QED) is 0.639. The molecule has 0 aromatic carbocycles. The molecule has 1 heterocycles. The maximum absolute atomic E-state index is 11.4. The smallest absolute Gasteiger partial charge is 0.348 e. The summed E-state index contributed by atoms with van der Waals surface area (Å²) < 4.78 is 4.69. The van der Waals surface area contributed by atoms with Gasteiger partial charge in [0.1, 0.15) is 4.88 Å². The lowest BCUT2D eigenvalue weighted by atomic mass is 10.1. The normalized spacial score (nSPS) is 11.8. The average Bonchev–Trinajstić information content (AvgIpc) is 2.71. The van der Waals surface area contributed by atoms with E-state index in [1.54, 1.807) is 13.1 Å². The van der Waals surface area contributed by atoms with Crippen molar-refractivity contribution < 1.29 is 9.53 Å². The van der Waals surface area contributed by atoms with Crippen molar-refractivity contribution in [3.63, 3.8) is 0 Å². The molecule has 0 aliphatic carbocycles. The Bertz CT molecular complexity index is 475. The lowest BCUT2D eigenvalue weighted by Crippen LogP contribution is -2.08. The highest BCUT2D eigenvalue weighted by Crippen LogP contribution is 2.28. The van der Waals surface area contributed by atoms with Crippen LogP contribution in [-0.4, -0.2) is 26.3 Å². The summed E-state index contributed by atoms with van der Waals surface area (Å²) in [5.41, 5.74) is 2.63. The molecule has 0 unspecified atom stereocenters. The number of aryl methyl sites for hydroxylation is 1. The number of methoxy groups -OCH3 is 1. The molecular weight excluding hydrogens is 236 g/mol. The number of nitrogens with one attached hydrogen (secondary N) is 2. The highest BCUT2D eigenvalue weighted by molar-refractivity contribution is 7.14. The monoisotopic (exact) mass is 252 g/mol. The Hall–Kier alpha value is -1.62. The Morgan fingerprint density at radius 1 is 1.59 bits per heavy atom. The molecule has 0 saturated carbocycles. The van der Waals surface area contributed by atoms with Gasteiger partial charge in [-0.25, -0.2) is 4.79 Å². The number of hydrogen-bond acceptors (Lipinski definition) is 5. The standard InChI is InChI=1S/C12H16N2O2S/c1-7(6-13)11(14-3)9-5-10(12(15)16-4)17-8(9)2/h5-6,13-14H,1-4H3/b11-7-,13-6?. The van der Waals surface area contributed by atoms with Crippen LogP contribution in [0.4, 0.5) is 0 Å². The zero-order valence-electron chi connectivity index (χ0n) is 10.4. The minimum absolute atomic E-state index is 0.327. The summed E-state index contributed by atoms with van der Waals surface area (Å²) in [6, 6.07) is 1.80. The van der Waals surface area contributed by atoms with Gasteiger partial charge in [-0.05, 0) is 25.5 Å². The van der Waals surface area contributed by atoms with E-state index >= 15 is 0 Å². The number of ether oxygens (including phenoxy) is 1. The molecule has 4 nitrogen and oxygen atoms in total. The number of rotatable bonds is 4. The predicted molar refractivity (Wildman–Crippen MR) is 70.8 cm³/mol. The van der Waals surface area contributed by atoms with Crippen LogP contribution < -0.4 is 5.32 Å². The summed E-state index contributed by atoms with van der Waals surface area (Å²) >= 11 is 1.39. The maximum atomic E-state index is 11.4. The van der Waals surface area contributed by atoms with Crippen LogP contribution in [0, 0.1) is 12.3 Å². The maximum Gasteiger partial charge on any atom is 0.348 e. The van der Waals surface area contributed by atoms with E-state index in [1.165, 1.54) is 24.7 Å². The van der Waals surface area contributed by atoms with Crippen LogP contribution in [0.1, 0.15) is 27.0 Å². The molecule has 0 spiro atoms. The molecule has 1 rings (SSSR count). The molecule has 0 aliphatic rings. The van der Waals surface area contributed by atoms with Crippen LogP contribution in [-0.2, 0) is 4.74 Å². The van der Waals surface area contributed by atoms with Gasteiger partial charge in [-0.1, -0.05) is 0 Å². The molecule has 1 aromatic rings. The van der Waals surface area contributed by atoms with Crippen molar-refractivity contribution in [1.29, 1.82) is 5.41 Å². The first-order valence-electron chi connectivity index (χ1n) is 5.13. The first-order valence-corrected chi connectivity index (χ1v) is 5.95. The third-order valence-corrected chi connectivity index (χ3v) is 3.47. The third kappa shape index (κ3) is 2.74. The van der Waals surface area contributed by atoms with Gasteiger partial charge < -0.3 is 15.5 Å². The van der Waals surface area contributed by atoms with E-state index in [4.69, 9.17) is 10.1 Å². The molecule has 0 aliphatic heterocycles. The molecule has 0 radical (unpaired) electrons. The van der Waals surface area contributed by atoms with Crippen molar-refractivity contribution in [3.05, 3.63) is 27.0 Å². The van der Waals surface area contributed by atoms with Gasteiger partial charge >= 0.3 is 5.97 Å². The van der Waals surface area contributed by atoms with Gasteiger partial charge in [-0.2, -0.15) is 0 Å². The van der Waals surface area contributed by atoms with Gasteiger partial charge in [0.25, 0.3) is 0 Å². The van der Waals surface area contributed by atoms with Gasteiger partial charge in [-0.15, -0.1) is 11.3 Å². The van der Waals surface area contributed by atoms with Gasteiger partial charge in [0, 0.05) is 29.4 Å². The fourth-order valence-electron chi connectivity index (χ4n) is 1.55. The second kappa shape index (κ2) is 5.63. The number of esters is 1. The second-order valence-corrected chi connectivity index (χ2v) is 4.78. The topological polar surface area (TPSA) is 62.2 Å². The van der Waals surface area contributed by atoms with Crippen molar-refractivity contribution in [2.45, 2.75) is 13.8 Å². The van der Waals surface area contributed by atoms with Crippen LogP contribution in [0.25, 0.3) is 5.70 Å². The zero-order chi connectivity index (χ0) is 13.0. The van der Waals surface area contributed by atoms with Crippen molar-refractivity contribution in [3.8, 4) is 0 Å². The van der Waals surface area contributed by atoms with Crippen molar-refractivity contribution in [2.75, 3.05) is 14.2 Å². The van der Waals surface area contributed by atoms with Gasteiger partial charge in [-0.3, -0.25) is 0 Å². The number of hydrogen-bond donors (Lipinski definition) is 2. The first-order chi connectivity index (χ1) is 8.04. The van der Waals surface area contributed by atoms with Crippen LogP contribution in [0.3, 0.4) is 0 Å². The van der Waals surface area contributed by atoms with E-state index in [9.17, 15) is 4.79 Å². The largest absolute Gasteiger partial charge is 0.465 e. The summed E-state index contributed by atoms with van der Waals surface area (Å²) in [4.78, 5) is 13.0. The minimum atomic E-state index is -0.327. The van der Waals surface area contributed by atoms with E-state index in [1.807, 2.05) is 13.8 Å². The number of allylic oxidation sites excluding steroid dienone is 1. The van der Waals surface area contributed by atoms with Crippen molar-refractivity contribution in [1.82, 2.24) is 5.32 Å². The molecule has 1 aromatic heterocycles. The zero-order valence-corrected chi connectivity index (χ0v) is 11.2. The van der Waals surface area contributed by atoms with E-state index in [-0.39, 0.29) is 5.97 Å². The van der Waals surface area contributed by atoms with E-state index in [0.717, 1.165) is 21.7 Å². The lowest BCUT2D eigenvalue weighted by molar-refractivity contribution is 0.0606. The van der Waals surface area contributed by atoms with Gasteiger partial charge in [0.05, 0.1) is 7.11 Å². The lowest BCUT2D eigenvalue weighted by Gasteiger charge is -2.08. The molecule has 0 fully saturated rings. The van der Waals surface area contributed by atoms with Crippen LogP contribution in [0.15, 0.2) is 11.6 Å². The first kappa shape index (κ1) is 13.4. The van der Waals surface area contributed by atoms with Crippen molar-refractivity contribution >= 4 is 29.2 Å². The summed E-state index contributed by atoms with van der Waals surface area (Å²) in [6.07, 6.45) is 1.29. The minimum Gasteiger partial charge on any atom is -0.465 e. The fourth-order valence-corrected chi connectivity index (χ4v) is 2.49. The number of carbonyl (C=O) groups excluding carboxylic acids is 1. The highest BCUT2D eigenvalue weighted by Gasteiger charge is 2.15. The summed E-state index contributed by atoms with van der Waals surface area (Å²) in [7, 11) is 3.17. The van der Waals surface area contributed by atoms with Gasteiger partial charge in [0.2, 0.25) is 0 Å². The molecule has 17 heavy (non-hydrogen) atoms. The Morgan fingerprint density at radius 2 is 2.24 bits per heavy atom. The molecule has 0 saturated heterocycles.